The van der Waals surface area contributed by atoms with E-state index < -0.39 is 20.0 Å². The molecule has 11 nitrogen and oxygen atoms in total. The van der Waals surface area contributed by atoms with E-state index in [2.05, 4.69) is 20.0 Å². The molecule has 4 aromatic rings. The predicted molar refractivity (Wildman–Crippen MR) is 148 cm³/mol. The average Bonchev–Trinajstić information content (AvgIpc) is 3.49. The SMILES string of the molecule is COc1cc(Nc2nc3ccccc3nc2NS(=O)(=O)c2ccc(S(=O)(=O)N3CCCC3)cc2)cc(OC)c1. The Labute approximate surface area is 226 Å². The number of hydrogen-bond acceptors (Lipinski definition) is 9. The summed E-state index contributed by atoms with van der Waals surface area (Å²) in [5.41, 5.74) is 1.57. The topological polar surface area (TPSA) is 140 Å². The quantitative estimate of drug-likeness (QED) is 0.306. The van der Waals surface area contributed by atoms with Crippen LogP contribution in [-0.2, 0) is 20.0 Å². The highest BCUT2D eigenvalue weighted by molar-refractivity contribution is 7.92. The lowest BCUT2D eigenvalue weighted by molar-refractivity contribution is 0.395. The second kappa shape index (κ2) is 10.7. The van der Waals surface area contributed by atoms with Gasteiger partial charge in [-0.1, -0.05) is 12.1 Å². The Hall–Kier alpha value is -3.94. The second-order valence-corrected chi connectivity index (χ2v) is 12.4. The molecule has 13 heteroatoms. The lowest BCUT2D eigenvalue weighted by atomic mass is 10.2. The standard InChI is InChI=1S/C26H27N5O6S2/c1-36-19-15-18(16-20(17-19)37-2)27-25-26(29-24-8-4-3-7-23(24)28-25)30-38(32,33)21-9-11-22(12-10-21)39(34,35)31-13-5-6-14-31/h3-4,7-12,15-17H,5-6,13-14H2,1-2H3,(H,27,28)(H,29,30). The first kappa shape index (κ1) is 26.7. The highest BCUT2D eigenvalue weighted by Gasteiger charge is 2.28. The zero-order valence-corrected chi connectivity index (χ0v) is 22.9. The summed E-state index contributed by atoms with van der Waals surface area (Å²) >= 11 is 0. The van der Waals surface area contributed by atoms with Crippen LogP contribution in [0.4, 0.5) is 17.3 Å². The molecular formula is C26H27N5O6S2. The van der Waals surface area contributed by atoms with E-state index in [-0.39, 0.29) is 21.4 Å². The van der Waals surface area contributed by atoms with Gasteiger partial charge in [0.05, 0.1) is 35.0 Å². The van der Waals surface area contributed by atoms with Gasteiger partial charge in [0.15, 0.2) is 11.6 Å². The fourth-order valence-electron chi connectivity index (χ4n) is 4.23. The van der Waals surface area contributed by atoms with Crippen molar-refractivity contribution in [2.24, 2.45) is 0 Å². The molecule has 1 aliphatic heterocycles. The van der Waals surface area contributed by atoms with Crippen LogP contribution in [0.3, 0.4) is 0 Å². The summed E-state index contributed by atoms with van der Waals surface area (Å²) < 4.78 is 66.9. The molecule has 1 aliphatic rings. The van der Waals surface area contributed by atoms with Gasteiger partial charge in [-0.2, -0.15) is 4.31 Å². The summed E-state index contributed by atoms with van der Waals surface area (Å²) in [6, 6.07) is 17.3. The summed E-state index contributed by atoms with van der Waals surface area (Å²) in [5.74, 6) is 1.17. The number of methoxy groups -OCH3 is 2. The van der Waals surface area contributed by atoms with Gasteiger partial charge in [0.1, 0.15) is 11.5 Å². The Morgan fingerprint density at radius 1 is 0.744 bits per heavy atom. The molecule has 0 spiro atoms. The van der Waals surface area contributed by atoms with E-state index in [4.69, 9.17) is 9.47 Å². The number of benzene rings is 3. The first-order chi connectivity index (χ1) is 18.7. The van der Waals surface area contributed by atoms with Gasteiger partial charge in [0.2, 0.25) is 10.0 Å². The van der Waals surface area contributed by atoms with Crippen LogP contribution in [0, 0.1) is 0 Å². The molecule has 1 aromatic heterocycles. The Bertz CT molecular complexity index is 1700. The van der Waals surface area contributed by atoms with Crippen LogP contribution in [0.5, 0.6) is 11.5 Å². The van der Waals surface area contributed by atoms with Gasteiger partial charge in [-0.25, -0.2) is 26.8 Å². The maximum absolute atomic E-state index is 13.4. The van der Waals surface area contributed by atoms with Crippen LogP contribution in [0.15, 0.2) is 76.5 Å². The third kappa shape index (κ3) is 5.60. The van der Waals surface area contributed by atoms with E-state index in [1.807, 2.05) is 0 Å². The van der Waals surface area contributed by atoms with Gasteiger partial charge < -0.3 is 14.8 Å². The molecule has 1 saturated heterocycles. The summed E-state index contributed by atoms with van der Waals surface area (Å²) in [7, 11) is -4.78. The maximum Gasteiger partial charge on any atom is 0.263 e. The number of aromatic nitrogens is 2. The largest absolute Gasteiger partial charge is 0.497 e. The number of ether oxygens (including phenoxy) is 2. The van der Waals surface area contributed by atoms with Crippen LogP contribution in [0.25, 0.3) is 11.0 Å². The number of rotatable bonds is 9. The molecule has 2 heterocycles. The molecule has 0 saturated carbocycles. The van der Waals surface area contributed by atoms with Gasteiger partial charge in [-0.15, -0.1) is 0 Å². The fourth-order valence-corrected chi connectivity index (χ4v) is 6.76. The van der Waals surface area contributed by atoms with Gasteiger partial charge >= 0.3 is 0 Å². The van der Waals surface area contributed by atoms with E-state index in [1.165, 1.54) is 42.8 Å². The number of sulfonamides is 2. The lowest BCUT2D eigenvalue weighted by Crippen LogP contribution is -2.27. The van der Waals surface area contributed by atoms with Crippen molar-refractivity contribution in [3.8, 4) is 11.5 Å². The van der Waals surface area contributed by atoms with Crippen molar-refractivity contribution >= 4 is 48.4 Å². The number of hydrogen-bond donors (Lipinski definition) is 2. The molecule has 0 unspecified atom stereocenters. The van der Waals surface area contributed by atoms with E-state index in [1.54, 1.807) is 42.5 Å². The summed E-state index contributed by atoms with van der Waals surface area (Å²) in [6.45, 7) is 0.916. The summed E-state index contributed by atoms with van der Waals surface area (Å²) in [5, 5.41) is 3.10. The highest BCUT2D eigenvalue weighted by Crippen LogP contribution is 2.31. The molecule has 5 rings (SSSR count). The minimum Gasteiger partial charge on any atom is -0.497 e. The molecule has 0 radical (unpaired) electrons. The zero-order chi connectivity index (χ0) is 27.6. The Morgan fingerprint density at radius 3 is 1.85 bits per heavy atom. The lowest BCUT2D eigenvalue weighted by Gasteiger charge is -2.16. The smallest absolute Gasteiger partial charge is 0.263 e. The third-order valence-corrected chi connectivity index (χ3v) is 9.52. The van der Waals surface area contributed by atoms with Crippen LogP contribution < -0.4 is 19.5 Å². The first-order valence-electron chi connectivity index (χ1n) is 12.1. The molecule has 0 amide bonds. The van der Waals surface area contributed by atoms with Gasteiger partial charge in [0.25, 0.3) is 10.0 Å². The van der Waals surface area contributed by atoms with Crippen LogP contribution >= 0.6 is 0 Å². The number of nitrogens with one attached hydrogen (secondary N) is 2. The van der Waals surface area contributed by atoms with Gasteiger partial charge in [-0.3, -0.25) is 4.72 Å². The van der Waals surface area contributed by atoms with E-state index in [9.17, 15) is 16.8 Å². The van der Waals surface area contributed by atoms with Crippen molar-refractivity contribution < 1.29 is 26.3 Å². The van der Waals surface area contributed by atoms with Gasteiger partial charge in [-0.05, 0) is 49.2 Å². The van der Waals surface area contributed by atoms with Crippen LogP contribution in [0.1, 0.15) is 12.8 Å². The number of para-hydroxylation sites is 2. The fraction of sp³-hybridized carbons (Fsp3) is 0.231. The number of nitrogens with zero attached hydrogens (tertiary/aromatic N) is 3. The molecule has 1 fully saturated rings. The predicted octanol–water partition coefficient (Wildman–Crippen LogP) is 3.98. The summed E-state index contributed by atoms with van der Waals surface area (Å²) in [4.78, 5) is 9.00. The van der Waals surface area contributed by atoms with E-state index in [0.717, 1.165) is 12.8 Å². The number of fused-ring (bicyclic) bond motifs is 1. The van der Waals surface area contributed by atoms with E-state index >= 15 is 0 Å². The molecule has 39 heavy (non-hydrogen) atoms. The summed E-state index contributed by atoms with van der Waals surface area (Å²) in [6.07, 6.45) is 1.61. The Balaban J connectivity index is 1.49. The molecular weight excluding hydrogens is 542 g/mol. The van der Waals surface area contributed by atoms with Crippen molar-refractivity contribution in [3.63, 3.8) is 0 Å². The molecule has 0 aliphatic carbocycles. The highest BCUT2D eigenvalue weighted by atomic mass is 32.2. The molecule has 204 valence electrons. The van der Waals surface area contributed by atoms with Crippen molar-refractivity contribution in [3.05, 3.63) is 66.7 Å². The Kier molecular flexibility index (Phi) is 7.30. The van der Waals surface area contributed by atoms with Crippen molar-refractivity contribution in [2.75, 3.05) is 37.3 Å². The normalized spacial score (nSPS) is 14.3. The van der Waals surface area contributed by atoms with Crippen LogP contribution in [0.2, 0.25) is 0 Å². The van der Waals surface area contributed by atoms with Gasteiger partial charge in [0, 0.05) is 37.0 Å². The Morgan fingerprint density at radius 2 is 1.28 bits per heavy atom. The van der Waals surface area contributed by atoms with Crippen molar-refractivity contribution in [1.29, 1.82) is 0 Å². The molecule has 3 aromatic carbocycles. The third-order valence-electron chi connectivity index (χ3n) is 6.25. The zero-order valence-electron chi connectivity index (χ0n) is 21.3. The molecule has 2 N–H and O–H groups in total. The maximum atomic E-state index is 13.4. The second-order valence-electron chi connectivity index (χ2n) is 8.82. The van der Waals surface area contributed by atoms with E-state index in [0.29, 0.717) is 41.3 Å². The number of anilines is 3. The minimum absolute atomic E-state index is 0.0377. The molecule has 0 bridgehead atoms. The average molecular weight is 570 g/mol. The van der Waals surface area contributed by atoms with Crippen LogP contribution in [-0.4, -0.2) is 58.4 Å². The van der Waals surface area contributed by atoms with Crippen molar-refractivity contribution in [2.45, 2.75) is 22.6 Å². The first-order valence-corrected chi connectivity index (χ1v) is 15.0. The monoisotopic (exact) mass is 569 g/mol. The minimum atomic E-state index is -4.15. The van der Waals surface area contributed by atoms with Crippen molar-refractivity contribution in [1.82, 2.24) is 14.3 Å². The molecule has 0 atom stereocenters.